The monoisotopic (exact) mass is 400 g/mol. The van der Waals surface area contributed by atoms with Crippen LogP contribution < -0.4 is 9.64 Å². The number of carbonyl (C=O) groups is 2. The van der Waals surface area contributed by atoms with Crippen molar-refractivity contribution in [3.05, 3.63) is 35.6 Å². The number of imidazole rings is 1. The highest BCUT2D eigenvalue weighted by Gasteiger charge is 2.30. The molecule has 3 rings (SSSR count). The molecule has 8 heteroatoms. The zero-order valence-electron chi connectivity index (χ0n) is 16.7. The number of Topliss-reactive ketones (excluding diaryl/α,β-unsaturated/α-hetero) is 1. The van der Waals surface area contributed by atoms with Gasteiger partial charge in [0.05, 0.1) is 18.1 Å². The fraction of sp³-hybridized carbons (Fsp3) is 0.400. The molecule has 2 aromatic heterocycles. The number of aromatic nitrogens is 3. The van der Waals surface area contributed by atoms with E-state index in [0.29, 0.717) is 22.9 Å². The summed E-state index contributed by atoms with van der Waals surface area (Å²) in [4.78, 5) is 36.4. The lowest BCUT2D eigenvalue weighted by atomic mass is 9.90. The minimum Gasteiger partial charge on any atom is -0.497 e. The van der Waals surface area contributed by atoms with Crippen LogP contribution in [0.4, 0.5) is 5.13 Å². The van der Waals surface area contributed by atoms with E-state index in [4.69, 9.17) is 4.74 Å². The Labute approximate surface area is 168 Å². The number of benzene rings is 1. The maximum Gasteiger partial charge on any atom is 0.248 e. The largest absolute Gasteiger partial charge is 0.497 e. The van der Waals surface area contributed by atoms with Gasteiger partial charge >= 0.3 is 0 Å². The van der Waals surface area contributed by atoms with Crippen LogP contribution in [0, 0.1) is 5.41 Å². The molecule has 0 N–H and O–H groups in total. The van der Waals surface area contributed by atoms with Crippen LogP contribution >= 0.6 is 11.3 Å². The topological polar surface area (TPSA) is 77.3 Å². The van der Waals surface area contributed by atoms with E-state index in [1.54, 1.807) is 34.9 Å². The summed E-state index contributed by atoms with van der Waals surface area (Å²) in [5.74, 6) is 0.666. The van der Waals surface area contributed by atoms with E-state index >= 15 is 0 Å². The first kappa shape index (κ1) is 20.0. The molecule has 0 saturated heterocycles. The van der Waals surface area contributed by atoms with Crippen LogP contribution in [0.3, 0.4) is 0 Å². The number of fused-ring (bicyclic) bond motifs is 1. The lowest BCUT2D eigenvalue weighted by Gasteiger charge is -2.20. The van der Waals surface area contributed by atoms with Gasteiger partial charge in [0.2, 0.25) is 11.7 Å². The Hall–Kier alpha value is -2.74. The molecule has 7 nitrogen and oxygen atoms in total. The van der Waals surface area contributed by atoms with E-state index in [-0.39, 0.29) is 24.1 Å². The third-order valence-electron chi connectivity index (χ3n) is 4.40. The number of methoxy groups -OCH3 is 1. The molecule has 0 atom stereocenters. The molecular weight excluding hydrogens is 376 g/mol. The number of nitrogens with zero attached hydrogens (tertiary/aromatic N) is 4. The lowest BCUT2D eigenvalue weighted by molar-refractivity contribution is -0.119. The van der Waals surface area contributed by atoms with Crippen molar-refractivity contribution in [1.82, 2.24) is 14.5 Å². The van der Waals surface area contributed by atoms with E-state index in [0.717, 1.165) is 5.52 Å². The van der Waals surface area contributed by atoms with Gasteiger partial charge in [-0.05, 0) is 19.1 Å². The van der Waals surface area contributed by atoms with Crippen molar-refractivity contribution in [3.8, 4) is 5.75 Å². The first-order valence-electron chi connectivity index (χ1n) is 9.05. The Balaban J connectivity index is 2.07. The third-order valence-corrected chi connectivity index (χ3v) is 5.19. The molecule has 0 aliphatic heterocycles. The molecular formula is C20H24N4O3S. The molecule has 0 spiro atoms. The minimum atomic E-state index is -0.619. The SMILES string of the molecule is CCN(C(=O)Cn1c(C(=O)C(C)(C)C)nc2cc(OC)ccc21)c1nccs1. The number of likely N-dealkylation sites (N-methyl/N-ethyl adjacent to an activating group) is 1. The van der Waals surface area contributed by atoms with Gasteiger partial charge in [-0.2, -0.15) is 0 Å². The number of amides is 1. The molecule has 0 radical (unpaired) electrons. The Kier molecular flexibility index (Phi) is 5.51. The second kappa shape index (κ2) is 7.71. The number of rotatable bonds is 6. The molecule has 0 unspecified atom stereocenters. The van der Waals surface area contributed by atoms with Crippen molar-refractivity contribution >= 4 is 39.2 Å². The van der Waals surface area contributed by atoms with Crippen molar-refractivity contribution in [1.29, 1.82) is 0 Å². The fourth-order valence-electron chi connectivity index (χ4n) is 2.89. The van der Waals surface area contributed by atoms with Gasteiger partial charge in [-0.15, -0.1) is 11.3 Å². The highest BCUT2D eigenvalue weighted by molar-refractivity contribution is 7.13. The van der Waals surface area contributed by atoms with Crippen molar-refractivity contribution in [2.24, 2.45) is 5.41 Å². The van der Waals surface area contributed by atoms with Crippen molar-refractivity contribution in [2.45, 2.75) is 34.2 Å². The van der Waals surface area contributed by atoms with E-state index in [2.05, 4.69) is 9.97 Å². The van der Waals surface area contributed by atoms with Crippen LogP contribution in [0.15, 0.2) is 29.8 Å². The molecule has 148 valence electrons. The molecule has 1 amide bonds. The van der Waals surface area contributed by atoms with E-state index in [1.807, 2.05) is 39.1 Å². The Morgan fingerprint density at radius 3 is 2.61 bits per heavy atom. The summed E-state index contributed by atoms with van der Waals surface area (Å²) >= 11 is 1.41. The van der Waals surface area contributed by atoms with Crippen LogP contribution in [-0.4, -0.2) is 39.9 Å². The molecule has 0 saturated carbocycles. The number of hydrogen-bond donors (Lipinski definition) is 0. The average Bonchev–Trinajstić information content (AvgIpc) is 3.29. The molecule has 0 fully saturated rings. The average molecular weight is 401 g/mol. The molecule has 28 heavy (non-hydrogen) atoms. The smallest absolute Gasteiger partial charge is 0.248 e. The predicted octanol–water partition coefficient (Wildman–Crippen LogP) is 3.78. The minimum absolute atomic E-state index is 0.00734. The van der Waals surface area contributed by atoms with Gasteiger partial charge in [-0.25, -0.2) is 9.97 Å². The zero-order chi connectivity index (χ0) is 20.5. The molecule has 0 bridgehead atoms. The van der Waals surface area contributed by atoms with Crippen LogP contribution in [-0.2, 0) is 11.3 Å². The van der Waals surface area contributed by atoms with Crippen LogP contribution in [0.5, 0.6) is 5.75 Å². The highest BCUT2D eigenvalue weighted by atomic mass is 32.1. The summed E-state index contributed by atoms with van der Waals surface area (Å²) in [5, 5.41) is 2.47. The van der Waals surface area contributed by atoms with Gasteiger partial charge in [0, 0.05) is 29.6 Å². The quantitative estimate of drug-likeness (QED) is 0.589. The maximum atomic E-state index is 13.0. The molecule has 0 aliphatic carbocycles. The van der Waals surface area contributed by atoms with Crippen molar-refractivity contribution < 1.29 is 14.3 Å². The van der Waals surface area contributed by atoms with Gasteiger partial charge < -0.3 is 9.30 Å². The standard InChI is InChI=1S/C20H24N4O3S/c1-6-23(19-21-9-10-28-19)16(25)12-24-15-8-7-13(27-5)11-14(15)22-18(24)17(26)20(2,3)4/h7-11H,6,12H2,1-5H3. The molecule has 0 aliphatic rings. The number of carbonyl (C=O) groups excluding carboxylic acids is 2. The summed E-state index contributed by atoms with van der Waals surface area (Å²) in [6.45, 7) is 7.93. The normalized spacial score (nSPS) is 11.6. The maximum absolute atomic E-state index is 13.0. The Bertz CT molecular complexity index is 1000. The summed E-state index contributed by atoms with van der Waals surface area (Å²) in [5.41, 5.74) is 0.723. The second-order valence-corrected chi connectivity index (χ2v) is 8.28. The number of hydrogen-bond acceptors (Lipinski definition) is 6. The lowest BCUT2D eigenvalue weighted by Crippen LogP contribution is -2.35. The summed E-state index contributed by atoms with van der Waals surface area (Å²) in [6.07, 6.45) is 1.67. The number of ether oxygens (including phenoxy) is 1. The Morgan fingerprint density at radius 2 is 2.04 bits per heavy atom. The summed E-state index contributed by atoms with van der Waals surface area (Å²) in [6, 6.07) is 5.40. The highest BCUT2D eigenvalue weighted by Crippen LogP contribution is 2.27. The fourth-order valence-corrected chi connectivity index (χ4v) is 3.62. The summed E-state index contributed by atoms with van der Waals surface area (Å²) in [7, 11) is 1.58. The van der Waals surface area contributed by atoms with Gasteiger partial charge in [-0.1, -0.05) is 20.8 Å². The first-order valence-corrected chi connectivity index (χ1v) is 9.93. The summed E-state index contributed by atoms with van der Waals surface area (Å²) < 4.78 is 6.96. The van der Waals surface area contributed by atoms with Gasteiger partial charge in [0.1, 0.15) is 12.3 Å². The molecule has 2 heterocycles. The van der Waals surface area contributed by atoms with E-state index in [9.17, 15) is 9.59 Å². The van der Waals surface area contributed by atoms with E-state index < -0.39 is 5.41 Å². The number of ketones is 1. The van der Waals surface area contributed by atoms with Gasteiger partial charge in [0.15, 0.2) is 11.0 Å². The van der Waals surface area contributed by atoms with Crippen LogP contribution in [0.1, 0.15) is 38.3 Å². The van der Waals surface area contributed by atoms with Gasteiger partial charge in [-0.3, -0.25) is 14.5 Å². The van der Waals surface area contributed by atoms with Gasteiger partial charge in [0.25, 0.3) is 0 Å². The third kappa shape index (κ3) is 3.77. The Morgan fingerprint density at radius 1 is 1.29 bits per heavy atom. The zero-order valence-corrected chi connectivity index (χ0v) is 17.5. The molecule has 1 aromatic carbocycles. The number of thiazole rings is 1. The van der Waals surface area contributed by atoms with E-state index in [1.165, 1.54) is 11.3 Å². The predicted molar refractivity (Wildman–Crippen MR) is 110 cm³/mol. The second-order valence-electron chi connectivity index (χ2n) is 7.41. The van der Waals surface area contributed by atoms with Crippen LogP contribution in [0.25, 0.3) is 11.0 Å². The van der Waals surface area contributed by atoms with Crippen molar-refractivity contribution in [3.63, 3.8) is 0 Å². The first-order chi connectivity index (χ1) is 13.3. The number of anilines is 1. The van der Waals surface area contributed by atoms with Crippen LogP contribution in [0.2, 0.25) is 0 Å². The molecule has 3 aromatic rings. The van der Waals surface area contributed by atoms with Crippen molar-refractivity contribution in [2.75, 3.05) is 18.6 Å².